The number of allylic oxidation sites excluding steroid dienone is 1. The summed E-state index contributed by atoms with van der Waals surface area (Å²) in [6.45, 7) is 0. The van der Waals surface area contributed by atoms with Gasteiger partial charge in [-0.15, -0.1) is 0 Å². The second-order valence-electron chi connectivity index (χ2n) is 2.91. The van der Waals surface area contributed by atoms with Crippen LogP contribution in [0.1, 0.15) is 25.7 Å². The van der Waals surface area contributed by atoms with E-state index in [9.17, 15) is 0 Å². The molecule has 0 amide bonds. The highest BCUT2D eigenvalue weighted by Gasteiger charge is 2.09. The van der Waals surface area contributed by atoms with Gasteiger partial charge < -0.3 is 10.1 Å². The highest BCUT2D eigenvalue weighted by Crippen LogP contribution is 2.13. The number of ether oxygens (including phenoxy) is 1. The molecule has 0 spiro atoms. The SMILES string of the molecule is CNC(=S)O[C@H]1C=CCCCC1. The molecular formula is C9H15NOS. The van der Waals surface area contributed by atoms with Gasteiger partial charge >= 0.3 is 0 Å². The zero-order chi connectivity index (χ0) is 8.81. The third-order valence-electron chi connectivity index (χ3n) is 1.92. The number of rotatable bonds is 1. The van der Waals surface area contributed by atoms with Crippen molar-refractivity contribution in [2.45, 2.75) is 31.8 Å². The molecule has 0 aromatic carbocycles. The van der Waals surface area contributed by atoms with Gasteiger partial charge in [0.05, 0.1) is 0 Å². The van der Waals surface area contributed by atoms with E-state index in [0.717, 1.165) is 6.42 Å². The van der Waals surface area contributed by atoms with Gasteiger partial charge in [-0.05, 0) is 44.0 Å². The topological polar surface area (TPSA) is 21.3 Å². The molecule has 0 unspecified atom stereocenters. The molecule has 0 saturated carbocycles. The lowest BCUT2D eigenvalue weighted by Gasteiger charge is -2.13. The number of thiocarbonyl (C=S) groups is 1. The first-order valence-corrected chi connectivity index (χ1v) is 4.79. The summed E-state index contributed by atoms with van der Waals surface area (Å²) in [4.78, 5) is 0. The van der Waals surface area contributed by atoms with Gasteiger partial charge in [-0.1, -0.05) is 6.08 Å². The van der Waals surface area contributed by atoms with Crippen molar-refractivity contribution in [3.63, 3.8) is 0 Å². The number of nitrogens with one attached hydrogen (secondary N) is 1. The summed E-state index contributed by atoms with van der Waals surface area (Å²) in [6, 6.07) is 0. The Hall–Kier alpha value is -0.570. The van der Waals surface area contributed by atoms with E-state index in [1.54, 1.807) is 7.05 Å². The fraction of sp³-hybridized carbons (Fsp3) is 0.667. The van der Waals surface area contributed by atoms with Crippen LogP contribution in [0.2, 0.25) is 0 Å². The molecule has 0 radical (unpaired) electrons. The van der Waals surface area contributed by atoms with E-state index in [1.165, 1.54) is 19.3 Å². The average Bonchev–Trinajstić information content (AvgIpc) is 2.33. The maximum atomic E-state index is 5.45. The summed E-state index contributed by atoms with van der Waals surface area (Å²) in [6.07, 6.45) is 9.22. The Morgan fingerprint density at radius 2 is 2.42 bits per heavy atom. The minimum Gasteiger partial charge on any atom is -0.464 e. The molecule has 0 aromatic heterocycles. The molecule has 0 bridgehead atoms. The average molecular weight is 185 g/mol. The predicted molar refractivity (Wildman–Crippen MR) is 54.1 cm³/mol. The lowest BCUT2D eigenvalue weighted by molar-refractivity contribution is 0.221. The van der Waals surface area contributed by atoms with Crippen molar-refractivity contribution in [3.05, 3.63) is 12.2 Å². The molecule has 12 heavy (non-hydrogen) atoms. The molecule has 68 valence electrons. The fourth-order valence-electron chi connectivity index (χ4n) is 1.25. The third-order valence-corrected chi connectivity index (χ3v) is 2.22. The first-order chi connectivity index (χ1) is 5.83. The fourth-order valence-corrected chi connectivity index (χ4v) is 1.37. The zero-order valence-electron chi connectivity index (χ0n) is 7.38. The van der Waals surface area contributed by atoms with Gasteiger partial charge in [0.2, 0.25) is 0 Å². The van der Waals surface area contributed by atoms with Crippen molar-refractivity contribution in [2.75, 3.05) is 7.05 Å². The zero-order valence-corrected chi connectivity index (χ0v) is 8.19. The molecule has 1 N–H and O–H groups in total. The molecule has 3 heteroatoms. The maximum absolute atomic E-state index is 5.45. The van der Waals surface area contributed by atoms with Gasteiger partial charge in [-0.3, -0.25) is 0 Å². The van der Waals surface area contributed by atoms with Crippen molar-refractivity contribution in [1.82, 2.24) is 5.32 Å². The molecular weight excluding hydrogens is 170 g/mol. The normalized spacial score (nSPS) is 22.9. The molecule has 0 aliphatic heterocycles. The summed E-state index contributed by atoms with van der Waals surface area (Å²) in [5, 5.41) is 3.30. The standard InChI is InChI=1S/C9H15NOS/c1-10-9(12)11-8-6-4-2-3-5-7-8/h4,6,8H,2-3,5,7H2,1H3,(H,10,12)/t8-/m0/s1. The molecule has 0 heterocycles. The van der Waals surface area contributed by atoms with Crippen LogP contribution in [0, 0.1) is 0 Å². The Kier molecular flexibility index (Phi) is 4.08. The second kappa shape index (κ2) is 5.14. The van der Waals surface area contributed by atoms with E-state index >= 15 is 0 Å². The molecule has 1 atom stereocenters. The van der Waals surface area contributed by atoms with Crippen molar-refractivity contribution in [1.29, 1.82) is 0 Å². The van der Waals surface area contributed by atoms with E-state index in [2.05, 4.69) is 17.5 Å². The summed E-state index contributed by atoms with van der Waals surface area (Å²) < 4.78 is 5.45. The molecule has 1 aliphatic rings. The van der Waals surface area contributed by atoms with Crippen molar-refractivity contribution in [2.24, 2.45) is 0 Å². The van der Waals surface area contributed by atoms with Gasteiger partial charge in [-0.25, -0.2) is 0 Å². The third kappa shape index (κ3) is 3.22. The van der Waals surface area contributed by atoms with Gasteiger partial charge in [-0.2, -0.15) is 0 Å². The van der Waals surface area contributed by atoms with E-state index in [0.29, 0.717) is 5.17 Å². The molecule has 2 nitrogen and oxygen atoms in total. The van der Waals surface area contributed by atoms with E-state index in [1.807, 2.05) is 0 Å². The molecule has 1 aliphatic carbocycles. The van der Waals surface area contributed by atoms with Crippen LogP contribution in [0.5, 0.6) is 0 Å². The molecule has 0 fully saturated rings. The summed E-state index contributed by atoms with van der Waals surface area (Å²) in [5.41, 5.74) is 0. The van der Waals surface area contributed by atoms with Crippen molar-refractivity contribution in [3.8, 4) is 0 Å². The molecule has 0 saturated heterocycles. The van der Waals surface area contributed by atoms with E-state index < -0.39 is 0 Å². The van der Waals surface area contributed by atoms with Gasteiger partial charge in [0.1, 0.15) is 6.10 Å². The summed E-state index contributed by atoms with van der Waals surface area (Å²) in [7, 11) is 1.78. The predicted octanol–water partition coefficient (Wildman–Crippen LogP) is 2.01. The Labute approximate surface area is 79.0 Å². The minimum atomic E-state index is 0.187. The Bertz CT molecular complexity index is 179. The first kappa shape index (κ1) is 9.52. The van der Waals surface area contributed by atoms with Gasteiger partial charge in [0.15, 0.2) is 0 Å². The molecule has 0 aromatic rings. The number of hydrogen-bond donors (Lipinski definition) is 1. The van der Waals surface area contributed by atoms with Gasteiger partial charge in [0.25, 0.3) is 5.17 Å². The Balaban J connectivity index is 2.34. The van der Waals surface area contributed by atoms with Crippen LogP contribution in [0.4, 0.5) is 0 Å². The highest BCUT2D eigenvalue weighted by molar-refractivity contribution is 7.80. The van der Waals surface area contributed by atoms with Crippen LogP contribution in [0.15, 0.2) is 12.2 Å². The van der Waals surface area contributed by atoms with Crippen LogP contribution in [-0.4, -0.2) is 18.3 Å². The summed E-state index contributed by atoms with van der Waals surface area (Å²) in [5.74, 6) is 0. The van der Waals surface area contributed by atoms with Crippen molar-refractivity contribution < 1.29 is 4.74 Å². The lowest BCUT2D eigenvalue weighted by Crippen LogP contribution is -2.24. The van der Waals surface area contributed by atoms with Crippen LogP contribution in [0.3, 0.4) is 0 Å². The quantitative estimate of drug-likeness (QED) is 0.499. The van der Waals surface area contributed by atoms with Crippen LogP contribution in [-0.2, 0) is 4.74 Å². The largest absolute Gasteiger partial charge is 0.464 e. The van der Waals surface area contributed by atoms with E-state index in [-0.39, 0.29) is 6.10 Å². The Morgan fingerprint density at radius 3 is 3.17 bits per heavy atom. The highest BCUT2D eigenvalue weighted by atomic mass is 32.1. The Morgan fingerprint density at radius 1 is 1.58 bits per heavy atom. The first-order valence-electron chi connectivity index (χ1n) is 4.38. The summed E-state index contributed by atoms with van der Waals surface area (Å²) >= 11 is 4.91. The van der Waals surface area contributed by atoms with Gasteiger partial charge in [0, 0.05) is 7.05 Å². The lowest BCUT2D eigenvalue weighted by atomic mass is 10.2. The van der Waals surface area contributed by atoms with E-state index in [4.69, 9.17) is 17.0 Å². The van der Waals surface area contributed by atoms with Crippen LogP contribution in [0.25, 0.3) is 0 Å². The minimum absolute atomic E-state index is 0.187. The second-order valence-corrected chi connectivity index (χ2v) is 3.28. The molecule has 1 rings (SSSR count). The smallest absolute Gasteiger partial charge is 0.256 e. The van der Waals surface area contributed by atoms with Crippen LogP contribution < -0.4 is 5.32 Å². The van der Waals surface area contributed by atoms with Crippen LogP contribution >= 0.6 is 12.2 Å². The number of hydrogen-bond acceptors (Lipinski definition) is 2. The maximum Gasteiger partial charge on any atom is 0.256 e. The van der Waals surface area contributed by atoms with Crippen molar-refractivity contribution >= 4 is 17.4 Å². The monoisotopic (exact) mass is 185 g/mol.